The minimum atomic E-state index is -0.508. The molecule has 0 heterocycles. The summed E-state index contributed by atoms with van der Waals surface area (Å²) < 4.78 is 0. The number of oxime groups is 1. The molecule has 4 nitrogen and oxygen atoms in total. The van der Waals surface area contributed by atoms with E-state index in [1.807, 2.05) is 19.1 Å². The van der Waals surface area contributed by atoms with E-state index < -0.39 is 5.97 Å². The fraction of sp³-hybridized carbons (Fsp3) is 0.188. The number of hydrogen-bond acceptors (Lipinski definition) is 4. The molecule has 0 aromatic heterocycles. The molecule has 20 heavy (non-hydrogen) atoms. The van der Waals surface area contributed by atoms with E-state index in [1.165, 1.54) is 6.08 Å². The van der Waals surface area contributed by atoms with Crippen molar-refractivity contribution in [3.05, 3.63) is 58.7 Å². The summed E-state index contributed by atoms with van der Waals surface area (Å²) in [5.41, 5.74) is 3.05. The van der Waals surface area contributed by atoms with Gasteiger partial charge < -0.3 is 4.84 Å². The predicted molar refractivity (Wildman–Crippen MR) is 76.6 cm³/mol. The molecule has 0 bridgehead atoms. The number of allylic oxidation sites excluding steroid dienone is 4. The molecule has 0 saturated carbocycles. The molecule has 102 valence electrons. The van der Waals surface area contributed by atoms with Gasteiger partial charge in [0, 0.05) is 0 Å². The summed E-state index contributed by atoms with van der Waals surface area (Å²) in [7, 11) is 0. The van der Waals surface area contributed by atoms with Crippen LogP contribution in [0.1, 0.15) is 29.8 Å². The normalized spacial score (nSPS) is 16.8. The highest BCUT2D eigenvalue weighted by Crippen LogP contribution is 2.13. The summed E-state index contributed by atoms with van der Waals surface area (Å²) in [4.78, 5) is 28.3. The third kappa shape index (κ3) is 2.91. The summed E-state index contributed by atoms with van der Waals surface area (Å²) in [6.07, 6.45) is 3.10. The third-order valence-electron chi connectivity index (χ3n) is 3.09. The second-order valence-electron chi connectivity index (χ2n) is 4.69. The zero-order valence-corrected chi connectivity index (χ0v) is 11.6. The van der Waals surface area contributed by atoms with Crippen LogP contribution >= 0.6 is 0 Å². The van der Waals surface area contributed by atoms with E-state index in [2.05, 4.69) is 5.16 Å². The lowest BCUT2D eigenvalue weighted by molar-refractivity contribution is -0.111. The molecule has 1 aliphatic carbocycles. The van der Waals surface area contributed by atoms with Crippen LogP contribution < -0.4 is 0 Å². The molecule has 4 heteroatoms. The average molecular weight is 269 g/mol. The first-order chi connectivity index (χ1) is 9.49. The molecule has 1 aliphatic rings. The van der Waals surface area contributed by atoms with Crippen LogP contribution in [0.2, 0.25) is 0 Å². The van der Waals surface area contributed by atoms with E-state index >= 15 is 0 Å². The molecule has 0 N–H and O–H groups in total. The maximum atomic E-state index is 11.9. The van der Waals surface area contributed by atoms with Crippen LogP contribution in [0.15, 0.2) is 52.7 Å². The third-order valence-corrected chi connectivity index (χ3v) is 3.09. The monoisotopic (exact) mass is 269 g/mol. The Bertz CT molecular complexity index is 666. The molecule has 1 aromatic rings. The summed E-state index contributed by atoms with van der Waals surface area (Å²) in [6, 6.07) is 7.14. The zero-order valence-electron chi connectivity index (χ0n) is 11.6. The fourth-order valence-corrected chi connectivity index (χ4v) is 1.81. The van der Waals surface area contributed by atoms with Crippen LogP contribution in [-0.4, -0.2) is 17.5 Å². The number of nitrogens with zero attached hydrogens (tertiary/aromatic N) is 1. The van der Waals surface area contributed by atoms with Crippen LogP contribution in [0.3, 0.4) is 0 Å². The molecule has 0 atom stereocenters. The Morgan fingerprint density at radius 1 is 1.05 bits per heavy atom. The minimum absolute atomic E-state index is 0.0494. The van der Waals surface area contributed by atoms with Crippen molar-refractivity contribution in [3.8, 4) is 0 Å². The van der Waals surface area contributed by atoms with Crippen LogP contribution in [0.25, 0.3) is 0 Å². The summed E-state index contributed by atoms with van der Waals surface area (Å²) in [5.74, 6) is -0.557. The molecular formula is C16H15NO3. The molecular weight excluding hydrogens is 254 g/mol. The Balaban J connectivity index is 2.18. The van der Waals surface area contributed by atoms with E-state index in [0.717, 1.165) is 5.56 Å². The van der Waals surface area contributed by atoms with Crippen LogP contribution in [0.5, 0.6) is 0 Å². The molecule has 0 fully saturated rings. The average Bonchev–Trinajstić information content (AvgIpc) is 2.41. The van der Waals surface area contributed by atoms with Gasteiger partial charge in [0.2, 0.25) is 0 Å². The lowest BCUT2D eigenvalue weighted by Gasteiger charge is -2.09. The van der Waals surface area contributed by atoms with Crippen molar-refractivity contribution in [2.24, 2.45) is 5.16 Å². The van der Waals surface area contributed by atoms with E-state index in [-0.39, 0.29) is 5.78 Å². The second-order valence-corrected chi connectivity index (χ2v) is 4.69. The fourth-order valence-electron chi connectivity index (χ4n) is 1.81. The summed E-state index contributed by atoms with van der Waals surface area (Å²) in [6.45, 7) is 5.28. The first kappa shape index (κ1) is 13.9. The van der Waals surface area contributed by atoms with Gasteiger partial charge in [0.1, 0.15) is 5.71 Å². The summed E-state index contributed by atoms with van der Waals surface area (Å²) in [5, 5.41) is 3.84. The number of carbonyl (C=O) groups is 2. The quantitative estimate of drug-likeness (QED) is 0.471. The number of rotatable bonds is 2. The number of benzene rings is 1. The number of carbonyl (C=O) groups excluding carboxylic acids is 2. The van der Waals surface area contributed by atoms with Gasteiger partial charge in [0.25, 0.3) is 0 Å². The van der Waals surface area contributed by atoms with Crippen molar-refractivity contribution in [3.63, 3.8) is 0 Å². The van der Waals surface area contributed by atoms with E-state index in [0.29, 0.717) is 22.4 Å². The Hall–Kier alpha value is -2.49. The predicted octanol–water partition coefficient (Wildman–Crippen LogP) is 2.98. The maximum absolute atomic E-state index is 11.9. The summed E-state index contributed by atoms with van der Waals surface area (Å²) >= 11 is 0. The standard InChI is InChI=1S/C16H15NO3/c1-10-6-4-5-7-13(10)16(19)20-17-14-8-12(3)15(18)9-11(14)2/h4-9H,1-3H3/b17-14-. The minimum Gasteiger partial charge on any atom is -0.312 e. The Morgan fingerprint density at radius 3 is 2.45 bits per heavy atom. The van der Waals surface area contributed by atoms with Gasteiger partial charge >= 0.3 is 5.97 Å². The first-order valence-corrected chi connectivity index (χ1v) is 6.25. The van der Waals surface area contributed by atoms with Gasteiger partial charge in [0.05, 0.1) is 5.56 Å². The van der Waals surface area contributed by atoms with Crippen LogP contribution in [0, 0.1) is 6.92 Å². The number of hydrogen-bond donors (Lipinski definition) is 0. The van der Waals surface area contributed by atoms with Crippen LogP contribution in [-0.2, 0) is 9.63 Å². The van der Waals surface area contributed by atoms with Gasteiger partial charge in [-0.2, -0.15) is 0 Å². The SMILES string of the molecule is CC1=C/C(=N/OC(=O)c2ccccc2C)C(C)=CC1=O. The molecule has 0 amide bonds. The maximum Gasteiger partial charge on any atom is 0.366 e. The van der Waals surface area contributed by atoms with Gasteiger partial charge in [-0.05, 0) is 55.7 Å². The Kier molecular flexibility index (Phi) is 3.94. The molecule has 0 spiro atoms. The van der Waals surface area contributed by atoms with E-state index in [4.69, 9.17) is 4.84 Å². The van der Waals surface area contributed by atoms with E-state index in [9.17, 15) is 9.59 Å². The van der Waals surface area contributed by atoms with Crippen molar-refractivity contribution in [1.29, 1.82) is 0 Å². The van der Waals surface area contributed by atoms with Crippen molar-refractivity contribution in [2.75, 3.05) is 0 Å². The van der Waals surface area contributed by atoms with Crippen molar-refractivity contribution < 1.29 is 14.4 Å². The second kappa shape index (κ2) is 5.65. The van der Waals surface area contributed by atoms with Gasteiger partial charge in [-0.1, -0.05) is 23.4 Å². The highest BCUT2D eigenvalue weighted by Gasteiger charge is 2.15. The molecule has 0 radical (unpaired) electrons. The highest BCUT2D eigenvalue weighted by molar-refractivity contribution is 6.21. The lowest BCUT2D eigenvalue weighted by atomic mass is 9.99. The highest BCUT2D eigenvalue weighted by atomic mass is 16.7. The van der Waals surface area contributed by atoms with E-state index in [1.54, 1.807) is 32.1 Å². The van der Waals surface area contributed by atoms with Crippen molar-refractivity contribution >= 4 is 17.5 Å². The van der Waals surface area contributed by atoms with Gasteiger partial charge in [-0.3, -0.25) is 4.79 Å². The molecule has 0 saturated heterocycles. The smallest absolute Gasteiger partial charge is 0.312 e. The van der Waals surface area contributed by atoms with Crippen molar-refractivity contribution in [2.45, 2.75) is 20.8 Å². The molecule has 2 rings (SSSR count). The van der Waals surface area contributed by atoms with Gasteiger partial charge in [-0.15, -0.1) is 0 Å². The Morgan fingerprint density at radius 2 is 1.75 bits per heavy atom. The topological polar surface area (TPSA) is 55.7 Å². The molecule has 1 aromatic carbocycles. The van der Waals surface area contributed by atoms with Gasteiger partial charge in [0.15, 0.2) is 5.78 Å². The largest absolute Gasteiger partial charge is 0.366 e. The van der Waals surface area contributed by atoms with Gasteiger partial charge in [-0.25, -0.2) is 4.79 Å². The Labute approximate surface area is 117 Å². The zero-order chi connectivity index (χ0) is 14.7. The van der Waals surface area contributed by atoms with Crippen LogP contribution in [0.4, 0.5) is 0 Å². The number of aryl methyl sites for hydroxylation is 1. The van der Waals surface area contributed by atoms with Crippen molar-refractivity contribution in [1.82, 2.24) is 0 Å². The molecule has 0 unspecified atom stereocenters. The molecule has 0 aliphatic heterocycles. The first-order valence-electron chi connectivity index (χ1n) is 6.25. The number of ketones is 1. The lowest BCUT2D eigenvalue weighted by Crippen LogP contribution is -2.12.